The van der Waals surface area contributed by atoms with Crippen LogP contribution in [-0.4, -0.2) is 15.0 Å². The molecule has 6 nitrogen and oxygen atoms in total. The molecule has 1 aromatic carbocycles. The maximum absolute atomic E-state index is 10.2. The van der Waals surface area contributed by atoms with Crippen LogP contribution in [0.4, 0.5) is 5.69 Å². The van der Waals surface area contributed by atoms with E-state index >= 15 is 0 Å². The Kier molecular flexibility index (Phi) is 7.26. The normalized spacial score (nSPS) is 8.16. The summed E-state index contributed by atoms with van der Waals surface area (Å²) < 4.78 is 0. The lowest BCUT2D eigenvalue weighted by Crippen LogP contribution is -1.87. The predicted molar refractivity (Wildman–Crippen MR) is 71.0 cm³/mol. The van der Waals surface area contributed by atoms with Crippen molar-refractivity contribution in [1.29, 1.82) is 5.26 Å². The van der Waals surface area contributed by atoms with Crippen molar-refractivity contribution in [3.63, 3.8) is 0 Å². The molecule has 7 heteroatoms. The summed E-state index contributed by atoms with van der Waals surface area (Å²) in [7, 11) is 0. The monoisotopic (exact) mass is 279 g/mol. The molecule has 1 heterocycles. The maximum atomic E-state index is 10.2. The van der Waals surface area contributed by atoms with Crippen molar-refractivity contribution in [2.75, 3.05) is 0 Å². The third-order valence-electron chi connectivity index (χ3n) is 1.88. The van der Waals surface area contributed by atoms with Gasteiger partial charge in [-0.15, -0.1) is 12.4 Å². The molecule has 2 rings (SSSR count). The van der Waals surface area contributed by atoms with Crippen molar-refractivity contribution < 1.29 is 10.0 Å². The van der Waals surface area contributed by atoms with Crippen molar-refractivity contribution in [2.24, 2.45) is 0 Å². The van der Waals surface area contributed by atoms with Gasteiger partial charge in [0.25, 0.3) is 5.69 Å². The summed E-state index contributed by atoms with van der Waals surface area (Å²) >= 11 is 0. The number of non-ortho nitro benzene ring substituents is 1. The topological polar surface area (TPSA) is 100 Å². The molecule has 0 fully saturated rings. The number of nitro benzene ring substituents is 1. The first-order chi connectivity index (χ1) is 8.65. The van der Waals surface area contributed by atoms with Crippen LogP contribution in [0.3, 0.4) is 0 Å². The molecule has 0 saturated heterocycles. The lowest BCUT2D eigenvalue weighted by molar-refractivity contribution is -0.384. The van der Waals surface area contributed by atoms with Gasteiger partial charge in [0.2, 0.25) is 0 Å². The molecule has 0 spiro atoms. The second kappa shape index (κ2) is 8.44. The van der Waals surface area contributed by atoms with Crippen molar-refractivity contribution in [1.82, 2.24) is 4.98 Å². The van der Waals surface area contributed by atoms with E-state index in [1.54, 1.807) is 18.5 Å². The Morgan fingerprint density at radius 1 is 1.26 bits per heavy atom. The Bertz CT molecular complexity index is 543. The zero-order chi connectivity index (χ0) is 13.4. The highest BCUT2D eigenvalue weighted by molar-refractivity contribution is 5.85. The van der Waals surface area contributed by atoms with E-state index in [0.29, 0.717) is 0 Å². The number of pyridine rings is 1. The fourth-order valence-electron chi connectivity index (χ4n) is 1.04. The summed E-state index contributed by atoms with van der Waals surface area (Å²) in [5.41, 5.74) is -0.202. The van der Waals surface area contributed by atoms with Crippen LogP contribution in [0.5, 0.6) is 5.75 Å². The number of aromatic nitrogens is 1. The van der Waals surface area contributed by atoms with Gasteiger partial charge >= 0.3 is 0 Å². The third-order valence-corrected chi connectivity index (χ3v) is 1.88. The third kappa shape index (κ3) is 5.48. The van der Waals surface area contributed by atoms with E-state index in [1.807, 2.05) is 18.2 Å². The van der Waals surface area contributed by atoms with Crippen molar-refractivity contribution in [3.8, 4) is 11.8 Å². The number of nitriles is 1. The van der Waals surface area contributed by atoms with Crippen LogP contribution < -0.4 is 0 Å². The van der Waals surface area contributed by atoms with E-state index in [0.717, 1.165) is 12.1 Å². The number of phenols is 1. The van der Waals surface area contributed by atoms with Gasteiger partial charge in [-0.3, -0.25) is 15.1 Å². The van der Waals surface area contributed by atoms with E-state index in [-0.39, 0.29) is 29.4 Å². The summed E-state index contributed by atoms with van der Waals surface area (Å²) in [6.45, 7) is 0. The minimum absolute atomic E-state index is 0. The number of nitro groups is 1. The minimum atomic E-state index is -0.638. The van der Waals surface area contributed by atoms with Crippen molar-refractivity contribution in [3.05, 3.63) is 64.5 Å². The van der Waals surface area contributed by atoms with Gasteiger partial charge in [0, 0.05) is 18.5 Å². The maximum Gasteiger partial charge on any atom is 0.273 e. The van der Waals surface area contributed by atoms with Gasteiger partial charge in [-0.25, -0.2) is 0 Å². The molecule has 19 heavy (non-hydrogen) atoms. The number of rotatable bonds is 1. The average Bonchev–Trinajstić information content (AvgIpc) is 2.41. The summed E-state index contributed by atoms with van der Waals surface area (Å²) in [6.07, 6.45) is 3.50. The molecular weight excluding hydrogens is 270 g/mol. The summed E-state index contributed by atoms with van der Waals surface area (Å²) in [4.78, 5) is 13.3. The highest BCUT2D eigenvalue weighted by atomic mass is 35.5. The summed E-state index contributed by atoms with van der Waals surface area (Å²) in [5.74, 6) is -0.369. The van der Waals surface area contributed by atoms with Crippen LogP contribution in [0.25, 0.3) is 0 Å². The molecule has 2 aromatic rings. The van der Waals surface area contributed by atoms with E-state index in [2.05, 4.69) is 4.98 Å². The van der Waals surface area contributed by atoms with Crippen molar-refractivity contribution >= 4 is 18.1 Å². The highest BCUT2D eigenvalue weighted by Gasteiger charge is 2.08. The van der Waals surface area contributed by atoms with Crippen LogP contribution in [0.15, 0.2) is 48.8 Å². The fraction of sp³-hybridized carbons (Fsp3) is 0. The zero-order valence-corrected chi connectivity index (χ0v) is 10.4. The average molecular weight is 280 g/mol. The van der Waals surface area contributed by atoms with Crippen LogP contribution >= 0.6 is 12.4 Å². The van der Waals surface area contributed by atoms with E-state index in [4.69, 9.17) is 10.4 Å². The SMILES string of the molecule is Cl.N#Cc1ccc([N+](=O)[O-])cc1O.c1ccncc1. The van der Waals surface area contributed by atoms with E-state index < -0.39 is 4.92 Å². The Morgan fingerprint density at radius 3 is 2.21 bits per heavy atom. The van der Waals surface area contributed by atoms with Gasteiger partial charge in [-0.05, 0) is 18.2 Å². The van der Waals surface area contributed by atoms with E-state index in [9.17, 15) is 10.1 Å². The smallest absolute Gasteiger partial charge is 0.273 e. The zero-order valence-electron chi connectivity index (χ0n) is 9.63. The van der Waals surface area contributed by atoms with Gasteiger partial charge in [-0.1, -0.05) is 6.07 Å². The molecule has 1 N–H and O–H groups in total. The number of aromatic hydroxyl groups is 1. The lowest BCUT2D eigenvalue weighted by Gasteiger charge is -1.94. The number of halogens is 1. The molecule has 0 aliphatic carbocycles. The van der Waals surface area contributed by atoms with Gasteiger partial charge in [-0.2, -0.15) is 5.26 Å². The molecule has 98 valence electrons. The molecule has 0 atom stereocenters. The lowest BCUT2D eigenvalue weighted by atomic mass is 10.2. The number of hydrogen-bond donors (Lipinski definition) is 1. The van der Waals surface area contributed by atoms with Crippen LogP contribution in [0.2, 0.25) is 0 Å². The Labute approximate surface area is 115 Å². The summed E-state index contributed by atoms with van der Waals surface area (Å²) in [6, 6.07) is 10.7. The molecule has 0 aliphatic heterocycles. The number of phenolic OH excluding ortho intramolecular Hbond substituents is 1. The summed E-state index contributed by atoms with van der Waals surface area (Å²) in [5, 5.41) is 27.5. The molecule has 0 saturated carbocycles. The number of benzene rings is 1. The molecule has 0 unspecified atom stereocenters. The Balaban J connectivity index is 0.000000392. The second-order valence-corrected chi connectivity index (χ2v) is 3.09. The molecular formula is C12H10ClN3O3. The van der Waals surface area contributed by atoms with Gasteiger partial charge < -0.3 is 5.11 Å². The fourth-order valence-corrected chi connectivity index (χ4v) is 1.04. The predicted octanol–water partition coefficient (Wildman–Crippen LogP) is 2.68. The van der Waals surface area contributed by atoms with E-state index in [1.165, 1.54) is 6.07 Å². The van der Waals surface area contributed by atoms with Crippen LogP contribution in [0, 0.1) is 21.4 Å². The van der Waals surface area contributed by atoms with Gasteiger partial charge in [0.15, 0.2) is 0 Å². The molecule has 0 bridgehead atoms. The Hall–Kier alpha value is -2.65. The first-order valence-corrected chi connectivity index (χ1v) is 4.87. The van der Waals surface area contributed by atoms with Gasteiger partial charge in [0.1, 0.15) is 11.8 Å². The molecule has 1 aromatic heterocycles. The molecule has 0 aliphatic rings. The van der Waals surface area contributed by atoms with Crippen LogP contribution in [0.1, 0.15) is 5.56 Å². The second-order valence-electron chi connectivity index (χ2n) is 3.09. The standard InChI is InChI=1S/C7H4N2O3.C5H5N.ClH/c8-4-5-1-2-6(9(11)12)3-7(5)10;1-2-4-6-5-3-1;/h1-3,10H;1-5H;1H. The largest absolute Gasteiger partial charge is 0.506 e. The highest BCUT2D eigenvalue weighted by Crippen LogP contribution is 2.22. The quantitative estimate of drug-likeness (QED) is 0.639. The van der Waals surface area contributed by atoms with Gasteiger partial charge in [0.05, 0.1) is 16.6 Å². The van der Waals surface area contributed by atoms with Crippen molar-refractivity contribution in [2.45, 2.75) is 0 Å². The number of nitrogens with zero attached hydrogens (tertiary/aromatic N) is 3. The Morgan fingerprint density at radius 2 is 1.89 bits per heavy atom. The van der Waals surface area contributed by atoms with Crippen LogP contribution in [-0.2, 0) is 0 Å². The molecule has 0 amide bonds. The first-order valence-electron chi connectivity index (χ1n) is 4.87. The molecule has 0 radical (unpaired) electrons. The first kappa shape index (κ1) is 16.4. The minimum Gasteiger partial charge on any atom is -0.506 e. The number of hydrogen-bond acceptors (Lipinski definition) is 5.